The average Bonchev–Trinajstić information content (AvgIpc) is 2.69. The van der Waals surface area contributed by atoms with Gasteiger partial charge in [-0.1, -0.05) is 64.5 Å². The van der Waals surface area contributed by atoms with Gasteiger partial charge in [0.05, 0.1) is 23.0 Å². The Kier molecular flexibility index (Phi) is 15.3. The summed E-state index contributed by atoms with van der Waals surface area (Å²) in [5.41, 5.74) is 0.0358. The van der Waals surface area contributed by atoms with Gasteiger partial charge in [0.1, 0.15) is 16.7 Å². The van der Waals surface area contributed by atoms with Crippen LogP contribution in [0.1, 0.15) is 85.9 Å². The van der Waals surface area contributed by atoms with Crippen LogP contribution < -0.4 is 29.6 Å². The molecule has 0 aliphatic carbocycles. The summed E-state index contributed by atoms with van der Waals surface area (Å²) < 4.78 is 43.5. The van der Waals surface area contributed by atoms with E-state index in [1.54, 1.807) is 12.1 Å². The molecule has 1 aromatic rings. The molecule has 1 atom stereocenters. The zero-order valence-electron chi connectivity index (χ0n) is 18.2. The van der Waals surface area contributed by atoms with Crippen molar-refractivity contribution in [1.82, 2.24) is 0 Å². The number of carbonyl (C=O) groups is 2. The van der Waals surface area contributed by atoms with E-state index in [0.29, 0.717) is 0 Å². The second kappa shape index (κ2) is 15.8. The molecule has 0 aromatic heterocycles. The molecule has 1 unspecified atom stereocenters. The summed E-state index contributed by atoms with van der Waals surface area (Å²) in [6, 6.07) is 6.01. The largest absolute Gasteiger partial charge is 1.00 e. The van der Waals surface area contributed by atoms with Crippen LogP contribution in [-0.2, 0) is 19.6 Å². The van der Waals surface area contributed by atoms with Crippen molar-refractivity contribution in [3.8, 4) is 0 Å². The van der Waals surface area contributed by atoms with E-state index in [4.69, 9.17) is 9.47 Å². The van der Waals surface area contributed by atoms with Gasteiger partial charge in [-0.2, -0.15) is 0 Å². The molecule has 164 valence electrons. The third kappa shape index (κ3) is 10.9. The molecule has 0 radical (unpaired) electrons. The van der Waals surface area contributed by atoms with Crippen molar-refractivity contribution in [2.24, 2.45) is 0 Å². The second-order valence-electron chi connectivity index (χ2n) is 6.92. The first-order chi connectivity index (χ1) is 13.8. The topological polar surface area (TPSA) is 110 Å². The van der Waals surface area contributed by atoms with Crippen LogP contribution in [0.25, 0.3) is 0 Å². The number of hydrogen-bond acceptors (Lipinski definition) is 7. The molecule has 0 bridgehead atoms. The van der Waals surface area contributed by atoms with Crippen molar-refractivity contribution in [2.45, 2.75) is 70.5 Å². The molecule has 0 saturated heterocycles. The van der Waals surface area contributed by atoms with E-state index in [1.165, 1.54) is 44.7 Å². The fourth-order valence-corrected chi connectivity index (χ4v) is 3.44. The molecule has 0 saturated carbocycles. The van der Waals surface area contributed by atoms with Crippen LogP contribution >= 0.6 is 0 Å². The Labute approximate surface area is 201 Å². The molecule has 0 N–H and O–H groups in total. The molecule has 0 aliphatic heterocycles. The second-order valence-corrected chi connectivity index (χ2v) is 8.58. The van der Waals surface area contributed by atoms with Crippen LogP contribution in [0.3, 0.4) is 0 Å². The van der Waals surface area contributed by atoms with Gasteiger partial charge in [0, 0.05) is 0 Å². The van der Waals surface area contributed by atoms with E-state index < -0.39 is 33.9 Å². The summed E-state index contributed by atoms with van der Waals surface area (Å²) in [6.07, 6.45) is 7.69. The minimum atomic E-state index is -4.56. The van der Waals surface area contributed by atoms with Gasteiger partial charge >= 0.3 is 41.5 Å². The minimum absolute atomic E-state index is 0. The Morgan fingerprint density at radius 3 is 1.90 bits per heavy atom. The maximum atomic E-state index is 12.3. The fraction of sp³-hybridized carbons (Fsp3) is 0.619. The molecular weight excluding hydrogens is 419 g/mol. The van der Waals surface area contributed by atoms with Gasteiger partial charge in [-0.15, -0.1) is 0 Å². The van der Waals surface area contributed by atoms with Crippen molar-refractivity contribution < 1.29 is 61.6 Å². The predicted octanol–water partition coefficient (Wildman–Crippen LogP) is 1.08. The molecule has 7 nitrogen and oxygen atoms in total. The Morgan fingerprint density at radius 2 is 1.40 bits per heavy atom. The maximum Gasteiger partial charge on any atom is 1.00 e. The van der Waals surface area contributed by atoms with Crippen molar-refractivity contribution in [3.63, 3.8) is 0 Å². The fourth-order valence-electron chi connectivity index (χ4n) is 2.79. The van der Waals surface area contributed by atoms with E-state index >= 15 is 0 Å². The third-order valence-corrected chi connectivity index (χ3v) is 5.90. The van der Waals surface area contributed by atoms with Crippen LogP contribution in [0.15, 0.2) is 24.3 Å². The summed E-state index contributed by atoms with van der Waals surface area (Å²) in [6.45, 7) is 3.40. The molecule has 0 amide bonds. The van der Waals surface area contributed by atoms with Crippen LogP contribution in [0.5, 0.6) is 0 Å². The van der Waals surface area contributed by atoms with Crippen LogP contribution in [0, 0.1) is 0 Å². The van der Waals surface area contributed by atoms with Crippen molar-refractivity contribution in [2.75, 3.05) is 13.2 Å². The summed E-state index contributed by atoms with van der Waals surface area (Å²) in [5.74, 6) is -1.50. The summed E-state index contributed by atoms with van der Waals surface area (Å²) in [5, 5.41) is -1.32. The first-order valence-electron chi connectivity index (χ1n) is 10.2. The molecule has 9 heteroatoms. The van der Waals surface area contributed by atoms with Crippen molar-refractivity contribution in [3.05, 3.63) is 35.4 Å². The molecule has 0 heterocycles. The number of ether oxygens (including phenoxy) is 2. The molecule has 30 heavy (non-hydrogen) atoms. The van der Waals surface area contributed by atoms with E-state index in [-0.39, 0.29) is 53.7 Å². The Bertz CT molecular complexity index is 749. The van der Waals surface area contributed by atoms with E-state index in [0.717, 1.165) is 19.3 Å². The maximum absolute atomic E-state index is 12.3. The van der Waals surface area contributed by atoms with Gasteiger partial charge < -0.3 is 14.0 Å². The first-order valence-corrected chi connectivity index (χ1v) is 11.7. The van der Waals surface area contributed by atoms with Crippen LogP contribution in [0.4, 0.5) is 0 Å². The molecular formula is C21H31NaO7S. The molecule has 0 fully saturated rings. The predicted molar refractivity (Wildman–Crippen MR) is 109 cm³/mol. The number of hydrogen-bond donors (Lipinski definition) is 0. The monoisotopic (exact) mass is 450 g/mol. The third-order valence-electron chi connectivity index (χ3n) is 4.61. The molecule has 1 aromatic carbocycles. The zero-order chi connectivity index (χ0) is 21.7. The van der Waals surface area contributed by atoms with Gasteiger partial charge in [-0.3, -0.25) is 0 Å². The number of unbranched alkanes of at least 4 members (excludes halogenated alkanes) is 6. The van der Waals surface area contributed by atoms with E-state index in [1.807, 2.05) is 0 Å². The van der Waals surface area contributed by atoms with Gasteiger partial charge in [0.25, 0.3) is 0 Å². The van der Waals surface area contributed by atoms with Gasteiger partial charge in [-0.25, -0.2) is 18.0 Å². The average molecular weight is 451 g/mol. The van der Waals surface area contributed by atoms with Crippen molar-refractivity contribution >= 4 is 22.1 Å². The minimum Gasteiger partial charge on any atom is -0.748 e. The Morgan fingerprint density at radius 1 is 0.900 bits per heavy atom. The molecule has 1 rings (SSSR count). The standard InChI is InChI=1S/C21H32O7S.Na/c1-3-5-6-7-8-9-12-15-27-20(22)18-13-10-11-14-19(18)21(23)28-16-17(4-2)29(24,25)26;/h10-11,13-14,17H,3-9,12,15-16H2,1-2H3,(H,24,25,26);/q;+1/p-1. The summed E-state index contributed by atoms with van der Waals surface area (Å²) in [7, 11) is -4.56. The van der Waals surface area contributed by atoms with E-state index in [9.17, 15) is 22.6 Å². The first kappa shape index (κ1) is 29.1. The van der Waals surface area contributed by atoms with Crippen molar-refractivity contribution in [1.29, 1.82) is 0 Å². The van der Waals surface area contributed by atoms with Gasteiger partial charge in [0.2, 0.25) is 0 Å². The zero-order valence-corrected chi connectivity index (χ0v) is 21.0. The number of esters is 2. The summed E-state index contributed by atoms with van der Waals surface area (Å²) in [4.78, 5) is 24.6. The SMILES string of the molecule is CCCCCCCCCOC(=O)c1ccccc1C(=O)OCC(CC)S(=O)(=O)[O-].[Na+]. The van der Waals surface area contributed by atoms with Gasteiger partial charge in [-0.05, 0) is 25.0 Å². The molecule has 0 spiro atoms. The van der Waals surface area contributed by atoms with Crippen LogP contribution in [-0.4, -0.2) is 43.4 Å². The van der Waals surface area contributed by atoms with Gasteiger partial charge in [0.15, 0.2) is 0 Å². The quantitative estimate of drug-likeness (QED) is 0.181. The number of rotatable bonds is 14. The molecule has 0 aliphatic rings. The van der Waals surface area contributed by atoms with Crippen LogP contribution in [0.2, 0.25) is 0 Å². The Balaban J connectivity index is 0.00000841. The Hall–Kier alpha value is -0.930. The normalized spacial score (nSPS) is 12.0. The number of carbonyl (C=O) groups excluding carboxylic acids is 2. The summed E-state index contributed by atoms with van der Waals surface area (Å²) >= 11 is 0. The van der Waals surface area contributed by atoms with E-state index in [2.05, 4.69) is 6.92 Å². The smallest absolute Gasteiger partial charge is 0.748 e. The number of benzene rings is 1.